The molecule has 5 nitrogen and oxygen atoms in total. The maximum absolute atomic E-state index is 10.9. The van der Waals surface area contributed by atoms with Crippen LogP contribution in [0.15, 0.2) is 41.6 Å². The summed E-state index contributed by atoms with van der Waals surface area (Å²) >= 11 is 0. The fraction of sp³-hybridized carbons (Fsp3) is 0.273. The molecule has 0 saturated heterocycles. The van der Waals surface area contributed by atoms with Crippen molar-refractivity contribution in [1.29, 1.82) is 0 Å². The van der Waals surface area contributed by atoms with Crippen molar-refractivity contribution >= 4 is 0 Å². The number of rotatable bonds is 3. The van der Waals surface area contributed by atoms with E-state index in [9.17, 15) is 10.1 Å². The van der Waals surface area contributed by atoms with E-state index < -0.39 is 0 Å². The third-order valence-electron chi connectivity index (χ3n) is 2.51. The molecule has 5 heteroatoms. The Balaban J connectivity index is 2.23. The van der Waals surface area contributed by atoms with E-state index in [0.29, 0.717) is 13.0 Å². The molecule has 1 aromatic rings. The molecule has 16 heavy (non-hydrogen) atoms. The number of nitro groups is 1. The van der Waals surface area contributed by atoms with Gasteiger partial charge < -0.3 is 4.57 Å². The lowest BCUT2D eigenvalue weighted by Gasteiger charge is -2.13. The molecule has 0 N–H and O–H groups in total. The molecule has 83 valence electrons. The van der Waals surface area contributed by atoms with Crippen molar-refractivity contribution in [3.8, 4) is 0 Å². The minimum Gasteiger partial charge on any atom is -0.333 e. The summed E-state index contributed by atoms with van der Waals surface area (Å²) in [4.78, 5) is 14.5. The summed E-state index contributed by atoms with van der Waals surface area (Å²) in [6.45, 7) is 2.50. The van der Waals surface area contributed by atoms with Crippen LogP contribution in [0, 0.1) is 16.5 Å². The summed E-state index contributed by atoms with van der Waals surface area (Å²) in [5, 5.41) is 10.9. The van der Waals surface area contributed by atoms with E-state index in [1.54, 1.807) is 31.2 Å². The lowest BCUT2D eigenvalue weighted by Crippen LogP contribution is -2.11. The second-order valence-electron chi connectivity index (χ2n) is 3.84. The van der Waals surface area contributed by atoms with Gasteiger partial charge in [-0.05, 0) is 13.3 Å². The summed E-state index contributed by atoms with van der Waals surface area (Å²) in [6, 6.07) is 0. The Kier molecular flexibility index (Phi) is 2.85. The fourth-order valence-corrected chi connectivity index (χ4v) is 1.75. The first-order valence-electron chi connectivity index (χ1n) is 4.99. The van der Waals surface area contributed by atoms with Gasteiger partial charge in [0.05, 0.1) is 24.2 Å². The Labute approximate surface area is 93.3 Å². The summed E-state index contributed by atoms with van der Waals surface area (Å²) < 4.78 is 1.84. The number of allylic oxidation sites excluding steroid dienone is 3. The van der Waals surface area contributed by atoms with Gasteiger partial charge in [-0.25, -0.2) is 4.98 Å². The van der Waals surface area contributed by atoms with E-state index in [4.69, 9.17) is 0 Å². The second kappa shape index (κ2) is 4.30. The topological polar surface area (TPSA) is 61.0 Å². The molecular weight excluding hydrogens is 206 g/mol. The van der Waals surface area contributed by atoms with Gasteiger partial charge in [0.25, 0.3) is 5.70 Å². The lowest BCUT2D eigenvalue weighted by molar-refractivity contribution is -0.422. The Morgan fingerprint density at radius 3 is 3.06 bits per heavy atom. The summed E-state index contributed by atoms with van der Waals surface area (Å²) in [5.41, 5.74) is 2.17. The predicted octanol–water partition coefficient (Wildman–Crippen LogP) is 1.97. The van der Waals surface area contributed by atoms with Crippen LogP contribution in [0.25, 0.3) is 0 Å². The quantitative estimate of drug-likeness (QED) is 0.575. The second-order valence-corrected chi connectivity index (χ2v) is 3.84. The summed E-state index contributed by atoms with van der Waals surface area (Å²) in [6.07, 6.45) is 9.17. The molecule has 0 bridgehead atoms. The van der Waals surface area contributed by atoms with Crippen LogP contribution in [0.5, 0.6) is 0 Å². The van der Waals surface area contributed by atoms with E-state index in [0.717, 1.165) is 11.1 Å². The molecule has 0 unspecified atom stereocenters. The molecule has 0 aromatic carbocycles. The zero-order valence-corrected chi connectivity index (χ0v) is 8.96. The van der Waals surface area contributed by atoms with Crippen molar-refractivity contribution < 1.29 is 4.92 Å². The highest BCUT2D eigenvalue weighted by atomic mass is 16.6. The number of hydrogen-bond donors (Lipinski definition) is 0. The summed E-state index contributed by atoms with van der Waals surface area (Å²) in [7, 11) is 0. The number of nitrogens with zero attached hydrogens (tertiary/aromatic N) is 3. The van der Waals surface area contributed by atoms with Crippen LogP contribution >= 0.6 is 0 Å². The van der Waals surface area contributed by atoms with E-state index in [1.807, 2.05) is 11.5 Å². The van der Waals surface area contributed by atoms with Crippen LogP contribution in [-0.2, 0) is 6.54 Å². The Bertz CT molecular complexity index is 458. The number of hydrogen-bond acceptors (Lipinski definition) is 3. The molecule has 1 aliphatic rings. The van der Waals surface area contributed by atoms with Gasteiger partial charge in [-0.15, -0.1) is 0 Å². The van der Waals surface area contributed by atoms with Gasteiger partial charge in [0, 0.05) is 18.0 Å². The normalized spacial score (nSPS) is 16.2. The van der Waals surface area contributed by atoms with Crippen LogP contribution in [0.4, 0.5) is 0 Å². The SMILES string of the molecule is CC1=C[CH]C([N+](=O)[O-])=C(Cn2ccnc2)C1. The average Bonchev–Trinajstić information content (AvgIpc) is 2.70. The predicted molar refractivity (Wildman–Crippen MR) is 58.9 cm³/mol. The molecule has 0 fully saturated rings. The monoisotopic (exact) mass is 218 g/mol. The Hall–Kier alpha value is -1.91. The minimum atomic E-state index is -0.324. The molecule has 2 rings (SSSR count). The third kappa shape index (κ3) is 2.18. The van der Waals surface area contributed by atoms with Gasteiger partial charge in [-0.3, -0.25) is 10.1 Å². The highest BCUT2D eigenvalue weighted by Gasteiger charge is 2.21. The van der Waals surface area contributed by atoms with Gasteiger partial charge >= 0.3 is 0 Å². The summed E-state index contributed by atoms with van der Waals surface area (Å²) in [5.74, 6) is 0. The molecule has 0 atom stereocenters. The van der Waals surface area contributed by atoms with Crippen LogP contribution in [0.1, 0.15) is 13.3 Å². The van der Waals surface area contributed by atoms with Crippen molar-refractivity contribution in [1.82, 2.24) is 9.55 Å². The molecule has 1 aliphatic carbocycles. The largest absolute Gasteiger partial charge is 0.333 e. The molecule has 0 spiro atoms. The first kappa shape index (κ1) is 10.6. The zero-order valence-electron chi connectivity index (χ0n) is 8.96. The van der Waals surface area contributed by atoms with Gasteiger partial charge in [-0.1, -0.05) is 11.6 Å². The van der Waals surface area contributed by atoms with Crippen molar-refractivity contribution in [2.75, 3.05) is 0 Å². The first-order chi connectivity index (χ1) is 7.66. The number of imidazole rings is 1. The van der Waals surface area contributed by atoms with Crippen molar-refractivity contribution in [2.24, 2.45) is 0 Å². The van der Waals surface area contributed by atoms with E-state index in [1.165, 1.54) is 0 Å². The molecule has 0 aliphatic heterocycles. The lowest BCUT2D eigenvalue weighted by atomic mass is 9.96. The minimum absolute atomic E-state index is 0.208. The molecular formula is C11H12N3O2. The van der Waals surface area contributed by atoms with Gasteiger partial charge in [0.2, 0.25) is 0 Å². The maximum Gasteiger partial charge on any atom is 0.255 e. The first-order valence-corrected chi connectivity index (χ1v) is 4.99. The highest BCUT2D eigenvalue weighted by Crippen LogP contribution is 2.25. The van der Waals surface area contributed by atoms with Crippen molar-refractivity contribution in [2.45, 2.75) is 19.9 Å². The van der Waals surface area contributed by atoms with Gasteiger partial charge in [0.15, 0.2) is 0 Å². The Morgan fingerprint density at radius 2 is 2.44 bits per heavy atom. The van der Waals surface area contributed by atoms with Crippen LogP contribution in [-0.4, -0.2) is 14.5 Å². The fourth-order valence-electron chi connectivity index (χ4n) is 1.75. The van der Waals surface area contributed by atoms with Crippen molar-refractivity contribution in [3.63, 3.8) is 0 Å². The van der Waals surface area contributed by atoms with Crippen LogP contribution in [0.3, 0.4) is 0 Å². The molecule has 1 radical (unpaired) electrons. The van der Waals surface area contributed by atoms with Crippen LogP contribution < -0.4 is 0 Å². The smallest absolute Gasteiger partial charge is 0.255 e. The average molecular weight is 218 g/mol. The van der Waals surface area contributed by atoms with E-state index in [2.05, 4.69) is 4.98 Å². The van der Waals surface area contributed by atoms with Gasteiger partial charge in [0.1, 0.15) is 0 Å². The van der Waals surface area contributed by atoms with Crippen LogP contribution in [0.2, 0.25) is 0 Å². The zero-order chi connectivity index (χ0) is 11.5. The molecule has 1 aromatic heterocycles. The van der Waals surface area contributed by atoms with E-state index in [-0.39, 0.29) is 10.6 Å². The standard InChI is InChI=1S/C11H12N3O2/c1-9-2-3-11(14(15)16)10(6-9)7-13-5-4-12-8-13/h2-5,8H,6-7H2,1H3. The van der Waals surface area contributed by atoms with Crippen molar-refractivity contribution in [3.05, 3.63) is 58.2 Å². The third-order valence-corrected chi connectivity index (χ3v) is 2.51. The molecule has 1 heterocycles. The Morgan fingerprint density at radius 1 is 1.62 bits per heavy atom. The molecule has 0 saturated carbocycles. The molecule has 0 amide bonds. The highest BCUT2D eigenvalue weighted by molar-refractivity contribution is 5.32. The van der Waals surface area contributed by atoms with Gasteiger partial charge in [-0.2, -0.15) is 0 Å². The maximum atomic E-state index is 10.9. The van der Waals surface area contributed by atoms with E-state index >= 15 is 0 Å². The number of aromatic nitrogens is 2.